The number of aromatic nitrogens is 1. The second kappa shape index (κ2) is 5.07. The fourth-order valence-electron chi connectivity index (χ4n) is 3.15. The molecule has 2 nitrogen and oxygen atoms in total. The summed E-state index contributed by atoms with van der Waals surface area (Å²) < 4.78 is 14.1. The van der Waals surface area contributed by atoms with Crippen LogP contribution in [0.3, 0.4) is 0 Å². The molecule has 2 aromatic carbocycles. The molecule has 3 heteroatoms. The van der Waals surface area contributed by atoms with E-state index in [9.17, 15) is 0 Å². The molecule has 2 heterocycles. The molecule has 23 heavy (non-hydrogen) atoms. The predicted octanol–water partition coefficient (Wildman–Crippen LogP) is 5.19. The number of benzene rings is 2. The molecule has 4 rings (SSSR count). The van der Waals surface area contributed by atoms with Crippen LogP contribution < -0.4 is 5.19 Å². The van der Waals surface area contributed by atoms with E-state index in [0.29, 0.717) is 6.04 Å². The van der Waals surface area contributed by atoms with Gasteiger partial charge in [-0.05, 0) is 29.5 Å². The maximum Gasteiger partial charge on any atom is 0.144 e. The Labute approximate surface area is 138 Å². The highest BCUT2D eigenvalue weighted by molar-refractivity contribution is 6.90. The van der Waals surface area contributed by atoms with Crippen molar-refractivity contribution < 1.29 is 5.79 Å². The van der Waals surface area contributed by atoms with Crippen molar-refractivity contribution in [1.82, 2.24) is 4.98 Å². The summed E-state index contributed by atoms with van der Waals surface area (Å²) in [5, 5.41) is 3.78. The normalized spacial score (nSPS) is 12.7. The lowest BCUT2D eigenvalue weighted by Gasteiger charge is -2.17. The van der Waals surface area contributed by atoms with Gasteiger partial charge in [0.05, 0.1) is 15.1 Å². The summed E-state index contributed by atoms with van der Waals surface area (Å²) >= 11 is 0. The van der Waals surface area contributed by atoms with Crippen molar-refractivity contribution in [3.05, 3.63) is 60.8 Å². The van der Waals surface area contributed by atoms with Crippen molar-refractivity contribution in [2.45, 2.75) is 19.6 Å². The van der Waals surface area contributed by atoms with Gasteiger partial charge < -0.3 is 4.42 Å². The Bertz CT molecular complexity index is 1060. The minimum absolute atomic E-state index is 0.455. The van der Waals surface area contributed by atoms with Gasteiger partial charge >= 0.3 is 0 Å². The number of fused-ring (bicyclic) bond motifs is 3. The summed E-state index contributed by atoms with van der Waals surface area (Å²) in [6.45, 7) is 7.07. The van der Waals surface area contributed by atoms with Crippen molar-refractivity contribution in [3.8, 4) is 11.3 Å². The molecule has 0 saturated carbocycles. The molecular formula is C20H19NOSi. The van der Waals surface area contributed by atoms with E-state index in [1.165, 1.54) is 10.6 Å². The molecule has 114 valence electrons. The zero-order valence-corrected chi connectivity index (χ0v) is 14.6. The van der Waals surface area contributed by atoms with E-state index >= 15 is 0 Å². The van der Waals surface area contributed by atoms with E-state index in [2.05, 4.69) is 42.8 Å². The molecule has 4 aromatic rings. The van der Waals surface area contributed by atoms with Crippen LogP contribution in [-0.2, 0) is 0 Å². The lowest BCUT2D eigenvalue weighted by molar-refractivity contribution is 0.670. The van der Waals surface area contributed by atoms with Crippen LogP contribution in [0.4, 0.5) is 0 Å². The van der Waals surface area contributed by atoms with Gasteiger partial charge in [0.2, 0.25) is 0 Å². The van der Waals surface area contributed by atoms with Gasteiger partial charge in [0.1, 0.15) is 11.2 Å². The van der Waals surface area contributed by atoms with Crippen molar-refractivity contribution in [3.63, 3.8) is 0 Å². The van der Waals surface area contributed by atoms with Crippen LogP contribution in [-0.4, -0.2) is 13.1 Å². The third-order valence-corrected chi connectivity index (χ3v) is 6.24. The van der Waals surface area contributed by atoms with Crippen LogP contribution in [0.5, 0.6) is 0 Å². The Hall–Kier alpha value is -2.39. The minimum Gasteiger partial charge on any atom is -0.455 e. The highest BCUT2D eigenvalue weighted by atomic mass is 28.3. The molecular weight excluding hydrogens is 298 g/mol. The Morgan fingerprint density at radius 3 is 2.61 bits per heavy atom. The molecule has 0 amide bonds. The van der Waals surface area contributed by atoms with Crippen LogP contribution in [0.2, 0.25) is 19.6 Å². The summed E-state index contributed by atoms with van der Waals surface area (Å²) in [4.78, 5) is 4.43. The van der Waals surface area contributed by atoms with E-state index in [0.717, 1.165) is 27.8 Å². The van der Waals surface area contributed by atoms with Crippen LogP contribution in [0.1, 0.15) is 1.37 Å². The number of hydrogen-bond donors (Lipinski definition) is 0. The molecule has 0 aliphatic heterocycles. The monoisotopic (exact) mass is 318 g/mol. The summed E-state index contributed by atoms with van der Waals surface area (Å²) in [6.07, 6.45) is 1.67. The molecule has 0 aliphatic carbocycles. The number of pyridine rings is 1. The Balaban J connectivity index is 2.10. The molecule has 0 unspecified atom stereocenters. The molecule has 2 aromatic heterocycles. The smallest absolute Gasteiger partial charge is 0.144 e. The third kappa shape index (κ3) is 2.28. The van der Waals surface area contributed by atoms with Crippen LogP contribution >= 0.6 is 0 Å². The molecule has 0 N–H and O–H groups in total. The van der Waals surface area contributed by atoms with Crippen molar-refractivity contribution in [2.75, 3.05) is 0 Å². The zero-order chi connectivity index (χ0) is 16.9. The Morgan fingerprint density at radius 2 is 1.83 bits per heavy atom. The summed E-state index contributed by atoms with van der Waals surface area (Å²) in [5.41, 5.74) is 3.51. The largest absolute Gasteiger partial charge is 0.455 e. The Kier molecular flexibility index (Phi) is 2.88. The summed E-state index contributed by atoms with van der Waals surface area (Å²) in [7, 11) is -1.49. The van der Waals surface area contributed by atoms with Crippen molar-refractivity contribution in [2.24, 2.45) is 0 Å². The van der Waals surface area contributed by atoms with Crippen molar-refractivity contribution in [1.29, 1.82) is 0 Å². The average Bonchev–Trinajstić information content (AvgIpc) is 2.92. The molecule has 0 radical (unpaired) electrons. The first-order chi connectivity index (χ1) is 11.4. The van der Waals surface area contributed by atoms with E-state index in [1.807, 2.05) is 18.2 Å². The predicted molar refractivity (Wildman–Crippen MR) is 99.9 cm³/mol. The van der Waals surface area contributed by atoms with E-state index in [1.54, 1.807) is 18.3 Å². The fourth-order valence-corrected chi connectivity index (χ4v) is 4.75. The molecule has 0 spiro atoms. The highest BCUT2D eigenvalue weighted by Crippen LogP contribution is 2.34. The average molecular weight is 318 g/mol. The van der Waals surface area contributed by atoms with E-state index < -0.39 is 8.07 Å². The number of nitrogens with zero attached hydrogens (tertiary/aromatic N) is 1. The van der Waals surface area contributed by atoms with Crippen LogP contribution in [0.25, 0.3) is 33.2 Å². The topological polar surface area (TPSA) is 26.0 Å². The standard InChI is InChI=1S/C20H19NOSi/c1-23(2,3)18-12-7-11-17-19(18)15-9-6-8-14(20(15)22-17)16-10-4-5-13-21-16/h4-13H,1-3H3/i4D. The lowest BCUT2D eigenvalue weighted by atomic mass is 10.1. The maximum absolute atomic E-state index is 7.85. The molecule has 0 bridgehead atoms. The van der Waals surface area contributed by atoms with Gasteiger partial charge in [0.25, 0.3) is 0 Å². The second-order valence-corrected chi connectivity index (χ2v) is 11.9. The number of rotatable bonds is 2. The number of furan rings is 1. The second-order valence-electron chi connectivity index (χ2n) is 6.85. The van der Waals surface area contributed by atoms with Gasteiger partial charge in [0.15, 0.2) is 0 Å². The van der Waals surface area contributed by atoms with Gasteiger partial charge in [-0.1, -0.05) is 49.9 Å². The van der Waals surface area contributed by atoms with Gasteiger partial charge in [0, 0.05) is 22.5 Å². The summed E-state index contributed by atoms with van der Waals surface area (Å²) in [6, 6.07) is 16.5. The molecule has 0 saturated heterocycles. The first-order valence-electron chi connectivity index (χ1n) is 8.33. The molecule has 0 aliphatic rings. The number of para-hydroxylation sites is 1. The SMILES string of the molecule is [2H]c1ccnc(-c2cccc3c2oc2cccc([Si](C)(C)C)c23)c1. The van der Waals surface area contributed by atoms with Crippen LogP contribution in [0, 0.1) is 0 Å². The first kappa shape index (κ1) is 13.1. The first-order valence-corrected chi connectivity index (χ1v) is 11.3. The van der Waals surface area contributed by atoms with Crippen LogP contribution in [0.15, 0.2) is 65.2 Å². The van der Waals surface area contributed by atoms with Gasteiger partial charge in [-0.25, -0.2) is 0 Å². The van der Waals surface area contributed by atoms with Gasteiger partial charge in [-0.2, -0.15) is 0 Å². The van der Waals surface area contributed by atoms with Gasteiger partial charge in [-0.15, -0.1) is 0 Å². The van der Waals surface area contributed by atoms with E-state index in [4.69, 9.17) is 5.79 Å². The lowest BCUT2D eigenvalue weighted by Crippen LogP contribution is -2.37. The fraction of sp³-hybridized carbons (Fsp3) is 0.150. The van der Waals surface area contributed by atoms with Crippen molar-refractivity contribution >= 4 is 35.2 Å². The molecule has 0 fully saturated rings. The molecule has 0 atom stereocenters. The Morgan fingerprint density at radius 1 is 1.00 bits per heavy atom. The summed E-state index contributed by atoms with van der Waals surface area (Å²) in [5.74, 6) is 0. The third-order valence-electron chi connectivity index (χ3n) is 4.21. The maximum atomic E-state index is 7.85. The zero-order valence-electron chi connectivity index (χ0n) is 14.6. The highest BCUT2D eigenvalue weighted by Gasteiger charge is 2.23. The number of hydrogen-bond acceptors (Lipinski definition) is 2. The van der Waals surface area contributed by atoms with E-state index in [-0.39, 0.29) is 0 Å². The quantitative estimate of drug-likeness (QED) is 0.475. The minimum atomic E-state index is -1.49. The van der Waals surface area contributed by atoms with Gasteiger partial charge in [-0.3, -0.25) is 4.98 Å².